The molecular formula is C21H21N3O4. The van der Waals surface area contributed by atoms with E-state index in [4.69, 9.17) is 14.0 Å². The first-order valence-corrected chi connectivity index (χ1v) is 9.01. The third-order valence-electron chi connectivity index (χ3n) is 4.88. The summed E-state index contributed by atoms with van der Waals surface area (Å²) in [5.41, 5.74) is 2.75. The molecule has 4 rings (SSSR count). The van der Waals surface area contributed by atoms with Crippen molar-refractivity contribution in [1.82, 2.24) is 10.1 Å². The molecule has 1 aliphatic rings. The highest BCUT2D eigenvalue weighted by molar-refractivity contribution is 5.96. The van der Waals surface area contributed by atoms with Crippen molar-refractivity contribution in [3.63, 3.8) is 0 Å². The molecule has 1 atom stereocenters. The molecule has 1 aromatic heterocycles. The highest BCUT2D eigenvalue weighted by Crippen LogP contribution is 2.33. The monoisotopic (exact) mass is 379 g/mol. The predicted octanol–water partition coefficient (Wildman–Crippen LogP) is 3.58. The van der Waals surface area contributed by atoms with Crippen LogP contribution in [0.2, 0.25) is 0 Å². The lowest BCUT2D eigenvalue weighted by Crippen LogP contribution is -2.24. The number of ether oxygens (including phenoxy) is 2. The maximum atomic E-state index is 12.5. The lowest BCUT2D eigenvalue weighted by atomic mass is 10.1. The first-order chi connectivity index (χ1) is 13.6. The minimum absolute atomic E-state index is 0.0586. The van der Waals surface area contributed by atoms with Crippen molar-refractivity contribution in [3.8, 4) is 23.0 Å². The number of carbonyl (C=O) groups excluding carboxylic acids is 1. The highest BCUT2D eigenvalue weighted by Gasteiger charge is 2.34. The molecule has 0 bridgehead atoms. The van der Waals surface area contributed by atoms with Crippen molar-refractivity contribution >= 4 is 11.6 Å². The third kappa shape index (κ3) is 3.43. The molecule has 1 aliphatic heterocycles. The Morgan fingerprint density at radius 1 is 1.07 bits per heavy atom. The molecule has 7 nitrogen and oxygen atoms in total. The van der Waals surface area contributed by atoms with Crippen LogP contribution in [0.15, 0.2) is 47.0 Å². The normalized spacial score (nSPS) is 16.5. The van der Waals surface area contributed by atoms with E-state index in [1.807, 2.05) is 31.2 Å². The second-order valence-electron chi connectivity index (χ2n) is 6.80. The standard InChI is InChI=1S/C21H21N3O4/c1-13-4-6-16(7-5-13)24-12-15(10-19(24)25)20-22-21(28-23-20)14-8-17(26-2)11-18(9-14)27-3/h4-9,11,15H,10,12H2,1-3H3. The van der Waals surface area contributed by atoms with E-state index >= 15 is 0 Å². The molecular weight excluding hydrogens is 358 g/mol. The van der Waals surface area contributed by atoms with E-state index in [-0.39, 0.29) is 11.8 Å². The molecule has 144 valence electrons. The van der Waals surface area contributed by atoms with E-state index in [0.717, 1.165) is 11.3 Å². The number of carbonyl (C=O) groups is 1. The maximum absolute atomic E-state index is 12.5. The number of methoxy groups -OCH3 is 2. The van der Waals surface area contributed by atoms with E-state index in [0.29, 0.717) is 41.7 Å². The van der Waals surface area contributed by atoms with Gasteiger partial charge in [0, 0.05) is 36.2 Å². The van der Waals surface area contributed by atoms with Crippen LogP contribution >= 0.6 is 0 Å². The third-order valence-corrected chi connectivity index (χ3v) is 4.88. The summed E-state index contributed by atoms with van der Waals surface area (Å²) in [6.45, 7) is 2.55. The van der Waals surface area contributed by atoms with Crippen LogP contribution in [0, 0.1) is 6.92 Å². The number of aryl methyl sites for hydroxylation is 1. The number of rotatable bonds is 5. The van der Waals surface area contributed by atoms with E-state index < -0.39 is 0 Å². The number of aromatic nitrogens is 2. The molecule has 0 spiro atoms. The van der Waals surface area contributed by atoms with Gasteiger partial charge in [0.25, 0.3) is 5.89 Å². The SMILES string of the molecule is COc1cc(OC)cc(-c2nc(C3CC(=O)N(c4ccc(C)cc4)C3)no2)c1. The lowest BCUT2D eigenvalue weighted by molar-refractivity contribution is -0.117. The number of anilines is 1. The fourth-order valence-corrected chi connectivity index (χ4v) is 3.30. The average Bonchev–Trinajstić information content (AvgIpc) is 3.35. The number of hydrogen-bond donors (Lipinski definition) is 0. The summed E-state index contributed by atoms with van der Waals surface area (Å²) in [7, 11) is 3.17. The Kier molecular flexibility index (Phi) is 4.73. The smallest absolute Gasteiger partial charge is 0.258 e. The van der Waals surface area contributed by atoms with E-state index in [1.54, 1.807) is 37.3 Å². The fourth-order valence-electron chi connectivity index (χ4n) is 3.30. The summed E-state index contributed by atoms with van der Waals surface area (Å²) in [6.07, 6.45) is 0.355. The minimum atomic E-state index is -0.112. The van der Waals surface area contributed by atoms with Gasteiger partial charge in [-0.15, -0.1) is 0 Å². The van der Waals surface area contributed by atoms with E-state index in [2.05, 4.69) is 10.1 Å². The Hall–Kier alpha value is -3.35. The van der Waals surface area contributed by atoms with Crippen molar-refractivity contribution in [1.29, 1.82) is 0 Å². The van der Waals surface area contributed by atoms with E-state index in [1.165, 1.54) is 0 Å². The van der Waals surface area contributed by atoms with E-state index in [9.17, 15) is 4.79 Å². The Bertz CT molecular complexity index is 975. The van der Waals surface area contributed by atoms with Gasteiger partial charge in [0.15, 0.2) is 5.82 Å². The minimum Gasteiger partial charge on any atom is -0.497 e. The van der Waals surface area contributed by atoms with Gasteiger partial charge in [0.1, 0.15) is 11.5 Å². The zero-order valence-corrected chi connectivity index (χ0v) is 16.0. The zero-order valence-electron chi connectivity index (χ0n) is 16.0. The van der Waals surface area contributed by atoms with Crippen LogP contribution in [-0.4, -0.2) is 36.8 Å². The molecule has 1 amide bonds. The van der Waals surface area contributed by atoms with Crippen molar-refractivity contribution in [2.24, 2.45) is 0 Å². The quantitative estimate of drug-likeness (QED) is 0.674. The van der Waals surface area contributed by atoms with Crippen LogP contribution in [0.1, 0.15) is 23.7 Å². The largest absolute Gasteiger partial charge is 0.497 e. The molecule has 2 aromatic carbocycles. The number of amides is 1. The maximum Gasteiger partial charge on any atom is 0.258 e. The van der Waals surface area contributed by atoms with Gasteiger partial charge in [-0.1, -0.05) is 22.9 Å². The summed E-state index contributed by atoms with van der Waals surface area (Å²) in [6, 6.07) is 13.3. The summed E-state index contributed by atoms with van der Waals surface area (Å²) in [4.78, 5) is 18.8. The van der Waals surface area contributed by atoms with Crippen molar-refractivity contribution in [3.05, 3.63) is 53.9 Å². The Balaban J connectivity index is 1.57. The van der Waals surface area contributed by atoms with Gasteiger partial charge in [-0.05, 0) is 31.2 Å². The van der Waals surface area contributed by atoms with Gasteiger partial charge < -0.3 is 18.9 Å². The average molecular weight is 379 g/mol. The summed E-state index contributed by atoms with van der Waals surface area (Å²) < 4.78 is 16.0. The first-order valence-electron chi connectivity index (χ1n) is 9.01. The summed E-state index contributed by atoms with van der Waals surface area (Å²) in [5, 5.41) is 4.12. The van der Waals surface area contributed by atoms with Gasteiger partial charge in [0.2, 0.25) is 5.91 Å². The van der Waals surface area contributed by atoms with Gasteiger partial charge in [-0.25, -0.2) is 0 Å². The molecule has 2 heterocycles. The second-order valence-corrected chi connectivity index (χ2v) is 6.80. The topological polar surface area (TPSA) is 77.7 Å². The number of hydrogen-bond acceptors (Lipinski definition) is 6. The molecule has 1 fully saturated rings. The Labute approximate surface area is 162 Å². The molecule has 0 N–H and O–H groups in total. The second kappa shape index (κ2) is 7.34. The van der Waals surface area contributed by atoms with Crippen molar-refractivity contribution in [2.75, 3.05) is 25.7 Å². The van der Waals surface area contributed by atoms with Crippen LogP contribution < -0.4 is 14.4 Å². The molecule has 0 saturated carbocycles. The van der Waals surface area contributed by atoms with Crippen LogP contribution in [0.25, 0.3) is 11.5 Å². The number of benzene rings is 2. The Morgan fingerprint density at radius 3 is 2.39 bits per heavy atom. The van der Waals surface area contributed by atoms with Crippen LogP contribution in [-0.2, 0) is 4.79 Å². The molecule has 3 aromatic rings. The molecule has 7 heteroatoms. The van der Waals surface area contributed by atoms with Crippen LogP contribution in [0.4, 0.5) is 5.69 Å². The van der Waals surface area contributed by atoms with Gasteiger partial charge in [0.05, 0.1) is 14.2 Å². The predicted molar refractivity (Wildman–Crippen MR) is 104 cm³/mol. The number of nitrogens with zero attached hydrogens (tertiary/aromatic N) is 3. The molecule has 1 saturated heterocycles. The van der Waals surface area contributed by atoms with Gasteiger partial charge in [-0.2, -0.15) is 4.98 Å². The molecule has 0 radical (unpaired) electrons. The van der Waals surface area contributed by atoms with Gasteiger partial charge in [-0.3, -0.25) is 4.79 Å². The highest BCUT2D eigenvalue weighted by atomic mass is 16.5. The molecule has 0 aliphatic carbocycles. The summed E-state index contributed by atoms with van der Waals surface area (Å²) in [5.74, 6) is 2.11. The van der Waals surface area contributed by atoms with Crippen molar-refractivity contribution < 1.29 is 18.8 Å². The molecule has 28 heavy (non-hydrogen) atoms. The first kappa shape index (κ1) is 18.0. The molecule has 1 unspecified atom stereocenters. The zero-order chi connectivity index (χ0) is 19.7. The van der Waals surface area contributed by atoms with Crippen molar-refractivity contribution in [2.45, 2.75) is 19.3 Å². The van der Waals surface area contributed by atoms with Gasteiger partial charge >= 0.3 is 0 Å². The van der Waals surface area contributed by atoms with Crippen LogP contribution in [0.5, 0.6) is 11.5 Å². The fraction of sp³-hybridized carbons (Fsp3) is 0.286. The van der Waals surface area contributed by atoms with Crippen LogP contribution in [0.3, 0.4) is 0 Å². The summed E-state index contributed by atoms with van der Waals surface area (Å²) >= 11 is 0. The Morgan fingerprint density at radius 2 is 1.75 bits per heavy atom. The lowest BCUT2D eigenvalue weighted by Gasteiger charge is -2.16.